The minimum atomic E-state index is -0.214. The maximum absolute atomic E-state index is 12.4. The van der Waals surface area contributed by atoms with E-state index in [1.54, 1.807) is 32.4 Å². The minimum Gasteiger partial charge on any atom is -0.497 e. The number of hydrogen-bond donors (Lipinski definition) is 2. The molecule has 2 N–H and O–H groups in total. The number of carbonyl (C=O) groups excluding carboxylic acids is 2. The van der Waals surface area contributed by atoms with Gasteiger partial charge in [0.05, 0.1) is 25.7 Å². The Kier molecular flexibility index (Phi) is 5.14. The molecule has 0 saturated carbocycles. The fourth-order valence-corrected chi connectivity index (χ4v) is 3.27. The molecule has 3 rings (SSSR count). The highest BCUT2D eigenvalue weighted by atomic mass is 32.2. The third kappa shape index (κ3) is 4.06. The van der Waals surface area contributed by atoms with Crippen LogP contribution in [0.25, 0.3) is 0 Å². The number of anilines is 1. The van der Waals surface area contributed by atoms with Gasteiger partial charge in [0.2, 0.25) is 5.91 Å². The first-order valence-electron chi connectivity index (χ1n) is 7.66. The number of thioether (sulfide) groups is 1. The van der Waals surface area contributed by atoms with Gasteiger partial charge in [0.1, 0.15) is 11.5 Å². The van der Waals surface area contributed by atoms with Gasteiger partial charge in [0, 0.05) is 23.1 Å². The maximum atomic E-state index is 12.4. The van der Waals surface area contributed by atoms with Crippen molar-refractivity contribution in [3.63, 3.8) is 0 Å². The molecule has 0 spiro atoms. The summed E-state index contributed by atoms with van der Waals surface area (Å²) in [5.41, 5.74) is 2.04. The third-order valence-corrected chi connectivity index (χ3v) is 4.81. The van der Waals surface area contributed by atoms with Crippen LogP contribution < -0.4 is 20.1 Å². The predicted octanol–water partition coefficient (Wildman–Crippen LogP) is 2.68. The molecule has 0 unspecified atom stereocenters. The Hall–Kier alpha value is -2.67. The molecule has 6 nitrogen and oxygen atoms in total. The van der Waals surface area contributed by atoms with Gasteiger partial charge in [-0.25, -0.2) is 0 Å². The summed E-state index contributed by atoms with van der Waals surface area (Å²) in [7, 11) is 3.16. The number of ether oxygens (including phenoxy) is 2. The van der Waals surface area contributed by atoms with E-state index in [9.17, 15) is 9.59 Å². The number of rotatable bonds is 5. The van der Waals surface area contributed by atoms with Crippen LogP contribution in [0.4, 0.5) is 5.69 Å². The first-order chi connectivity index (χ1) is 12.1. The van der Waals surface area contributed by atoms with Gasteiger partial charge in [0.15, 0.2) is 0 Å². The number of benzene rings is 2. The van der Waals surface area contributed by atoms with Crippen molar-refractivity contribution in [2.75, 3.05) is 25.3 Å². The number of amides is 2. The maximum Gasteiger partial charge on any atom is 0.251 e. The van der Waals surface area contributed by atoms with Crippen molar-refractivity contribution < 1.29 is 19.1 Å². The van der Waals surface area contributed by atoms with E-state index in [1.165, 1.54) is 11.8 Å². The van der Waals surface area contributed by atoms with Crippen LogP contribution in [0.1, 0.15) is 15.9 Å². The zero-order valence-corrected chi connectivity index (χ0v) is 14.7. The van der Waals surface area contributed by atoms with Gasteiger partial charge in [0.25, 0.3) is 5.91 Å². The molecule has 0 saturated heterocycles. The van der Waals surface area contributed by atoms with Crippen LogP contribution in [0.5, 0.6) is 11.5 Å². The van der Waals surface area contributed by atoms with E-state index in [1.807, 2.05) is 18.2 Å². The second-order valence-electron chi connectivity index (χ2n) is 5.45. The fraction of sp³-hybridized carbons (Fsp3) is 0.222. The molecular weight excluding hydrogens is 340 g/mol. The minimum absolute atomic E-state index is 0.0569. The molecule has 130 valence electrons. The quantitative estimate of drug-likeness (QED) is 0.859. The van der Waals surface area contributed by atoms with E-state index in [4.69, 9.17) is 9.47 Å². The average molecular weight is 358 g/mol. The number of carbonyl (C=O) groups is 2. The molecule has 0 aromatic heterocycles. The van der Waals surface area contributed by atoms with Crippen LogP contribution in [-0.4, -0.2) is 31.8 Å². The van der Waals surface area contributed by atoms with Crippen LogP contribution >= 0.6 is 11.8 Å². The number of methoxy groups -OCH3 is 2. The zero-order chi connectivity index (χ0) is 17.8. The molecule has 1 aliphatic heterocycles. The van der Waals surface area contributed by atoms with Gasteiger partial charge in [-0.15, -0.1) is 11.8 Å². The van der Waals surface area contributed by atoms with E-state index >= 15 is 0 Å². The predicted molar refractivity (Wildman–Crippen MR) is 96.5 cm³/mol. The Morgan fingerprint density at radius 3 is 2.56 bits per heavy atom. The van der Waals surface area contributed by atoms with E-state index in [2.05, 4.69) is 10.6 Å². The fourth-order valence-electron chi connectivity index (χ4n) is 2.48. The summed E-state index contributed by atoms with van der Waals surface area (Å²) in [5.74, 6) is 1.46. The molecule has 2 aromatic carbocycles. The lowest BCUT2D eigenvalue weighted by atomic mass is 10.1. The first kappa shape index (κ1) is 17.2. The van der Waals surface area contributed by atoms with Crippen molar-refractivity contribution in [3.8, 4) is 11.5 Å². The molecular formula is C18H18N2O4S. The van der Waals surface area contributed by atoms with Crippen LogP contribution in [-0.2, 0) is 11.3 Å². The highest BCUT2D eigenvalue weighted by Crippen LogP contribution is 2.32. The average Bonchev–Trinajstić information content (AvgIpc) is 2.65. The van der Waals surface area contributed by atoms with Crippen molar-refractivity contribution in [2.45, 2.75) is 11.4 Å². The summed E-state index contributed by atoms with van der Waals surface area (Å²) in [5, 5.41) is 5.65. The van der Waals surface area contributed by atoms with E-state index in [0.29, 0.717) is 35.0 Å². The number of nitrogens with one attached hydrogen (secondary N) is 2. The summed E-state index contributed by atoms with van der Waals surface area (Å²) in [6.45, 7) is 0.338. The van der Waals surface area contributed by atoms with Gasteiger partial charge in [-0.1, -0.05) is 0 Å². The second kappa shape index (κ2) is 7.48. The van der Waals surface area contributed by atoms with Gasteiger partial charge >= 0.3 is 0 Å². The Bertz CT molecular complexity index is 800. The Balaban J connectivity index is 1.71. The SMILES string of the molecule is COc1cc(CNC(=O)c2ccc3c(c2)NC(=O)CS3)cc(OC)c1. The van der Waals surface area contributed by atoms with E-state index < -0.39 is 0 Å². The number of fused-ring (bicyclic) bond motifs is 1. The molecule has 0 fully saturated rings. The molecule has 1 heterocycles. The van der Waals surface area contributed by atoms with Crippen LogP contribution in [0, 0.1) is 0 Å². The van der Waals surface area contributed by atoms with Crippen LogP contribution in [0.2, 0.25) is 0 Å². The van der Waals surface area contributed by atoms with Crippen molar-refractivity contribution in [1.82, 2.24) is 5.32 Å². The molecule has 25 heavy (non-hydrogen) atoms. The topological polar surface area (TPSA) is 76.7 Å². The van der Waals surface area contributed by atoms with E-state index in [0.717, 1.165) is 10.5 Å². The van der Waals surface area contributed by atoms with Crippen LogP contribution in [0.15, 0.2) is 41.3 Å². The van der Waals surface area contributed by atoms with E-state index in [-0.39, 0.29) is 11.8 Å². The van der Waals surface area contributed by atoms with Crippen molar-refractivity contribution in [3.05, 3.63) is 47.5 Å². The lowest BCUT2D eigenvalue weighted by molar-refractivity contribution is -0.113. The largest absolute Gasteiger partial charge is 0.497 e. The summed E-state index contributed by atoms with van der Waals surface area (Å²) in [4.78, 5) is 24.8. The summed E-state index contributed by atoms with van der Waals surface area (Å²) < 4.78 is 10.5. The molecule has 7 heteroatoms. The Labute approximate surface area is 149 Å². The lowest BCUT2D eigenvalue weighted by Crippen LogP contribution is -2.24. The molecule has 0 bridgehead atoms. The molecule has 2 amide bonds. The Morgan fingerprint density at radius 2 is 1.88 bits per heavy atom. The normalized spacial score (nSPS) is 12.8. The van der Waals surface area contributed by atoms with Gasteiger partial charge in [-0.3, -0.25) is 9.59 Å². The van der Waals surface area contributed by atoms with Crippen molar-refractivity contribution in [2.24, 2.45) is 0 Å². The summed E-state index contributed by atoms with van der Waals surface area (Å²) in [6, 6.07) is 10.8. The zero-order valence-electron chi connectivity index (χ0n) is 13.9. The standard InChI is InChI=1S/C18H18N2O4S/c1-23-13-5-11(6-14(8-13)24-2)9-19-18(22)12-3-4-16-15(7-12)20-17(21)10-25-16/h3-8H,9-10H2,1-2H3,(H,19,22)(H,20,21). The third-order valence-electron chi connectivity index (χ3n) is 3.74. The Morgan fingerprint density at radius 1 is 1.16 bits per heavy atom. The van der Waals surface area contributed by atoms with Gasteiger partial charge < -0.3 is 20.1 Å². The first-order valence-corrected chi connectivity index (χ1v) is 8.64. The lowest BCUT2D eigenvalue weighted by Gasteiger charge is -2.17. The molecule has 0 atom stereocenters. The summed E-state index contributed by atoms with van der Waals surface area (Å²) >= 11 is 1.46. The highest BCUT2D eigenvalue weighted by molar-refractivity contribution is 8.00. The van der Waals surface area contributed by atoms with Crippen molar-refractivity contribution in [1.29, 1.82) is 0 Å². The highest BCUT2D eigenvalue weighted by Gasteiger charge is 2.17. The monoisotopic (exact) mass is 358 g/mol. The van der Waals surface area contributed by atoms with Gasteiger partial charge in [-0.05, 0) is 35.9 Å². The molecule has 0 aliphatic carbocycles. The molecule has 2 aromatic rings. The molecule has 0 radical (unpaired) electrons. The van der Waals surface area contributed by atoms with Crippen molar-refractivity contribution >= 4 is 29.3 Å². The summed E-state index contributed by atoms with van der Waals surface area (Å²) in [6.07, 6.45) is 0. The smallest absolute Gasteiger partial charge is 0.251 e. The van der Waals surface area contributed by atoms with Crippen LogP contribution in [0.3, 0.4) is 0 Å². The van der Waals surface area contributed by atoms with Gasteiger partial charge in [-0.2, -0.15) is 0 Å². The molecule has 1 aliphatic rings. The number of hydrogen-bond acceptors (Lipinski definition) is 5. The second-order valence-corrected chi connectivity index (χ2v) is 6.47.